The Morgan fingerprint density at radius 1 is 1.71 bits per heavy atom. The number of aliphatic carboxylic acids is 1. The van der Waals surface area contributed by atoms with Crippen molar-refractivity contribution in [1.29, 1.82) is 0 Å². The molecule has 76 valence electrons. The van der Waals surface area contributed by atoms with Gasteiger partial charge in [-0.3, -0.25) is 9.69 Å². The first kappa shape index (κ1) is 9.27. The maximum atomic E-state index is 10.8. The highest BCUT2D eigenvalue weighted by atomic mass is 16.4. The molecule has 4 heteroatoms. The predicted octanol–water partition coefficient (Wildman–Crippen LogP) is 1.36. The first-order valence-corrected chi connectivity index (χ1v) is 4.65. The summed E-state index contributed by atoms with van der Waals surface area (Å²) in [6.45, 7) is 0.598. The second-order valence-electron chi connectivity index (χ2n) is 3.74. The molecule has 0 radical (unpaired) electrons. The van der Waals surface area contributed by atoms with Gasteiger partial charge in [0.15, 0.2) is 0 Å². The standard InChI is InChI=1S/C10H13NO3/c1-11-6-7(10(12)13)5-8(11)9-3-2-4-14-9/h2-4,7-8H,5-6H2,1H3,(H,12,13). The van der Waals surface area contributed by atoms with Crippen molar-refractivity contribution in [2.24, 2.45) is 5.92 Å². The second kappa shape index (κ2) is 3.46. The van der Waals surface area contributed by atoms with Gasteiger partial charge in [-0.25, -0.2) is 0 Å². The molecule has 1 N–H and O–H groups in total. The van der Waals surface area contributed by atoms with Crippen LogP contribution in [0.4, 0.5) is 0 Å². The van der Waals surface area contributed by atoms with Gasteiger partial charge in [-0.05, 0) is 25.6 Å². The summed E-state index contributed by atoms with van der Waals surface area (Å²) >= 11 is 0. The molecule has 2 unspecified atom stereocenters. The van der Waals surface area contributed by atoms with Crippen LogP contribution in [0.15, 0.2) is 22.8 Å². The molecular formula is C10H13NO3. The second-order valence-corrected chi connectivity index (χ2v) is 3.74. The Balaban J connectivity index is 2.12. The molecule has 0 bridgehead atoms. The maximum Gasteiger partial charge on any atom is 0.307 e. The molecule has 4 nitrogen and oxygen atoms in total. The highest BCUT2D eigenvalue weighted by Crippen LogP contribution is 2.34. The number of likely N-dealkylation sites (tertiary alicyclic amines) is 1. The van der Waals surface area contributed by atoms with Crippen LogP contribution in [0.3, 0.4) is 0 Å². The van der Waals surface area contributed by atoms with E-state index >= 15 is 0 Å². The molecule has 0 saturated carbocycles. The van der Waals surface area contributed by atoms with Crippen molar-refractivity contribution >= 4 is 5.97 Å². The topological polar surface area (TPSA) is 53.7 Å². The van der Waals surface area contributed by atoms with Crippen LogP contribution in [-0.2, 0) is 4.79 Å². The number of hydrogen-bond donors (Lipinski definition) is 1. The smallest absolute Gasteiger partial charge is 0.307 e. The SMILES string of the molecule is CN1CC(C(=O)O)CC1c1ccco1. The van der Waals surface area contributed by atoms with Gasteiger partial charge in [0.05, 0.1) is 18.2 Å². The van der Waals surface area contributed by atoms with E-state index in [1.165, 1.54) is 0 Å². The lowest BCUT2D eigenvalue weighted by atomic mass is 10.0. The first-order valence-electron chi connectivity index (χ1n) is 4.65. The third kappa shape index (κ3) is 1.53. The van der Waals surface area contributed by atoms with Crippen molar-refractivity contribution in [3.63, 3.8) is 0 Å². The lowest BCUT2D eigenvalue weighted by molar-refractivity contribution is -0.141. The predicted molar refractivity (Wildman–Crippen MR) is 49.8 cm³/mol. The Labute approximate surface area is 82.1 Å². The molecule has 1 fully saturated rings. The van der Waals surface area contributed by atoms with Crippen LogP contribution >= 0.6 is 0 Å². The van der Waals surface area contributed by atoms with Crippen molar-refractivity contribution in [2.45, 2.75) is 12.5 Å². The van der Waals surface area contributed by atoms with E-state index in [1.807, 2.05) is 24.1 Å². The van der Waals surface area contributed by atoms with Gasteiger partial charge in [-0.2, -0.15) is 0 Å². The number of nitrogens with zero attached hydrogens (tertiary/aromatic N) is 1. The molecule has 1 aliphatic heterocycles. The van der Waals surface area contributed by atoms with E-state index in [1.54, 1.807) is 6.26 Å². The summed E-state index contributed by atoms with van der Waals surface area (Å²) in [5.41, 5.74) is 0. The summed E-state index contributed by atoms with van der Waals surface area (Å²) in [6.07, 6.45) is 2.26. The minimum absolute atomic E-state index is 0.117. The highest BCUT2D eigenvalue weighted by molar-refractivity contribution is 5.70. The monoisotopic (exact) mass is 195 g/mol. The van der Waals surface area contributed by atoms with Crippen LogP contribution in [0.25, 0.3) is 0 Å². The summed E-state index contributed by atoms with van der Waals surface area (Å²) in [6, 6.07) is 3.84. The summed E-state index contributed by atoms with van der Waals surface area (Å²) in [5.74, 6) is -0.128. The van der Waals surface area contributed by atoms with Crippen LogP contribution < -0.4 is 0 Å². The average molecular weight is 195 g/mol. The van der Waals surface area contributed by atoms with Crippen LogP contribution in [-0.4, -0.2) is 29.6 Å². The number of carbonyl (C=O) groups is 1. The minimum atomic E-state index is -0.717. The van der Waals surface area contributed by atoms with Crippen LogP contribution in [0.1, 0.15) is 18.2 Å². The number of rotatable bonds is 2. The van der Waals surface area contributed by atoms with Crippen LogP contribution in [0, 0.1) is 5.92 Å². The van der Waals surface area contributed by atoms with Crippen molar-refractivity contribution in [1.82, 2.24) is 4.90 Å². The Morgan fingerprint density at radius 2 is 2.50 bits per heavy atom. The van der Waals surface area contributed by atoms with Gasteiger partial charge >= 0.3 is 5.97 Å². The summed E-state index contributed by atoms with van der Waals surface area (Å²) in [4.78, 5) is 12.8. The first-order chi connectivity index (χ1) is 6.68. The lowest BCUT2D eigenvalue weighted by Crippen LogP contribution is -2.20. The molecule has 0 spiro atoms. The Kier molecular flexibility index (Phi) is 2.29. The molecule has 1 saturated heterocycles. The summed E-state index contributed by atoms with van der Waals surface area (Å²) < 4.78 is 5.28. The Morgan fingerprint density at radius 3 is 3.00 bits per heavy atom. The molecule has 1 aromatic heterocycles. The van der Waals surface area contributed by atoms with E-state index < -0.39 is 5.97 Å². The molecule has 2 atom stereocenters. The highest BCUT2D eigenvalue weighted by Gasteiger charge is 2.35. The molecule has 0 aromatic carbocycles. The largest absolute Gasteiger partial charge is 0.481 e. The molecule has 2 rings (SSSR count). The number of carboxylic acid groups (broad SMARTS) is 1. The molecule has 0 amide bonds. The number of carboxylic acids is 1. The van der Waals surface area contributed by atoms with Crippen molar-refractivity contribution in [3.05, 3.63) is 24.2 Å². The van der Waals surface area contributed by atoms with E-state index in [-0.39, 0.29) is 12.0 Å². The van der Waals surface area contributed by atoms with E-state index in [9.17, 15) is 4.79 Å². The van der Waals surface area contributed by atoms with Crippen molar-refractivity contribution in [3.8, 4) is 0 Å². The normalized spacial score (nSPS) is 28.1. The molecule has 1 aromatic rings. The summed E-state index contributed by atoms with van der Waals surface area (Å²) in [5, 5.41) is 8.89. The van der Waals surface area contributed by atoms with Crippen LogP contribution in [0.2, 0.25) is 0 Å². The zero-order valence-electron chi connectivity index (χ0n) is 8.01. The van der Waals surface area contributed by atoms with E-state index in [4.69, 9.17) is 9.52 Å². The van der Waals surface area contributed by atoms with Gasteiger partial charge in [0.2, 0.25) is 0 Å². The zero-order chi connectivity index (χ0) is 10.1. The molecule has 2 heterocycles. The third-order valence-corrected chi connectivity index (χ3v) is 2.77. The fraction of sp³-hybridized carbons (Fsp3) is 0.500. The van der Waals surface area contributed by atoms with Crippen molar-refractivity contribution < 1.29 is 14.3 Å². The zero-order valence-corrected chi connectivity index (χ0v) is 8.01. The summed E-state index contributed by atoms with van der Waals surface area (Å²) in [7, 11) is 1.93. The fourth-order valence-corrected chi connectivity index (χ4v) is 1.99. The van der Waals surface area contributed by atoms with Crippen molar-refractivity contribution in [2.75, 3.05) is 13.6 Å². The van der Waals surface area contributed by atoms with E-state index in [2.05, 4.69) is 0 Å². The van der Waals surface area contributed by atoms with Gasteiger partial charge in [-0.1, -0.05) is 0 Å². The Bertz CT molecular complexity index is 320. The Hall–Kier alpha value is -1.29. The minimum Gasteiger partial charge on any atom is -0.481 e. The number of furan rings is 1. The van der Waals surface area contributed by atoms with E-state index in [0.717, 1.165) is 5.76 Å². The average Bonchev–Trinajstić information content (AvgIpc) is 2.71. The van der Waals surface area contributed by atoms with Gasteiger partial charge < -0.3 is 9.52 Å². The van der Waals surface area contributed by atoms with Gasteiger partial charge in [0.25, 0.3) is 0 Å². The maximum absolute atomic E-state index is 10.8. The van der Waals surface area contributed by atoms with Gasteiger partial charge in [-0.15, -0.1) is 0 Å². The third-order valence-electron chi connectivity index (χ3n) is 2.77. The van der Waals surface area contributed by atoms with Crippen LogP contribution in [0.5, 0.6) is 0 Å². The molecule has 14 heavy (non-hydrogen) atoms. The fourth-order valence-electron chi connectivity index (χ4n) is 1.99. The molecule has 0 aliphatic carbocycles. The lowest BCUT2D eigenvalue weighted by Gasteiger charge is -2.15. The number of hydrogen-bond acceptors (Lipinski definition) is 3. The van der Waals surface area contributed by atoms with Gasteiger partial charge in [0.1, 0.15) is 5.76 Å². The molecular weight excluding hydrogens is 182 g/mol. The quantitative estimate of drug-likeness (QED) is 0.774. The van der Waals surface area contributed by atoms with Gasteiger partial charge in [0, 0.05) is 6.54 Å². The molecule has 1 aliphatic rings. The van der Waals surface area contributed by atoms with E-state index in [0.29, 0.717) is 13.0 Å².